The van der Waals surface area contributed by atoms with Crippen molar-refractivity contribution in [2.24, 2.45) is 5.92 Å². The third-order valence-corrected chi connectivity index (χ3v) is 5.31. The zero-order valence-corrected chi connectivity index (χ0v) is 10.8. The molecule has 0 bridgehead atoms. The van der Waals surface area contributed by atoms with E-state index in [9.17, 15) is 4.79 Å². The van der Waals surface area contributed by atoms with Crippen LogP contribution in [0.4, 0.5) is 0 Å². The molecule has 5 nitrogen and oxygen atoms in total. The van der Waals surface area contributed by atoms with Crippen molar-refractivity contribution >= 4 is 14.8 Å². The van der Waals surface area contributed by atoms with Gasteiger partial charge in [-0.2, -0.15) is 0 Å². The molecule has 15 heavy (non-hydrogen) atoms. The lowest BCUT2D eigenvalue weighted by Gasteiger charge is -2.24. The van der Waals surface area contributed by atoms with Gasteiger partial charge in [-0.3, -0.25) is 4.79 Å². The standard InChI is InChI=1S/C9H20O5Si/c1-8(9(10)11)6-5-7-15(12-2,13-3)14-4/h8H,5-7H2,1-4H3,(H,10,11). The van der Waals surface area contributed by atoms with Crippen LogP contribution in [0.1, 0.15) is 19.8 Å². The van der Waals surface area contributed by atoms with E-state index in [4.69, 9.17) is 18.4 Å². The summed E-state index contributed by atoms with van der Waals surface area (Å²) in [5.41, 5.74) is 0. The molecule has 0 aliphatic carbocycles. The van der Waals surface area contributed by atoms with E-state index in [-0.39, 0.29) is 5.92 Å². The van der Waals surface area contributed by atoms with Gasteiger partial charge in [-0.1, -0.05) is 6.92 Å². The van der Waals surface area contributed by atoms with Gasteiger partial charge in [0.05, 0.1) is 5.92 Å². The maximum Gasteiger partial charge on any atom is 0.500 e. The van der Waals surface area contributed by atoms with Gasteiger partial charge < -0.3 is 18.4 Å². The Morgan fingerprint density at radius 3 is 2.07 bits per heavy atom. The molecule has 0 aliphatic rings. The molecule has 1 atom stereocenters. The Morgan fingerprint density at radius 2 is 1.73 bits per heavy atom. The van der Waals surface area contributed by atoms with Crippen LogP contribution in [-0.2, 0) is 18.1 Å². The van der Waals surface area contributed by atoms with Crippen molar-refractivity contribution in [2.75, 3.05) is 21.3 Å². The summed E-state index contributed by atoms with van der Waals surface area (Å²) in [5, 5.41) is 8.70. The smallest absolute Gasteiger partial charge is 0.481 e. The summed E-state index contributed by atoms with van der Waals surface area (Å²) in [4.78, 5) is 10.6. The third kappa shape index (κ3) is 4.74. The van der Waals surface area contributed by atoms with Gasteiger partial charge >= 0.3 is 14.8 Å². The predicted molar refractivity (Wildman–Crippen MR) is 57.6 cm³/mol. The molecule has 0 aliphatic heterocycles. The molecule has 1 unspecified atom stereocenters. The van der Waals surface area contributed by atoms with Gasteiger partial charge in [-0.15, -0.1) is 0 Å². The molecule has 0 fully saturated rings. The maximum absolute atomic E-state index is 10.6. The van der Waals surface area contributed by atoms with Gasteiger partial charge in [0.2, 0.25) is 0 Å². The van der Waals surface area contributed by atoms with Crippen molar-refractivity contribution in [3.63, 3.8) is 0 Å². The molecule has 0 radical (unpaired) electrons. The van der Waals surface area contributed by atoms with Crippen LogP contribution < -0.4 is 0 Å². The van der Waals surface area contributed by atoms with Gasteiger partial charge in [0.1, 0.15) is 0 Å². The third-order valence-electron chi connectivity index (χ3n) is 2.47. The van der Waals surface area contributed by atoms with E-state index in [1.54, 1.807) is 28.3 Å². The fourth-order valence-electron chi connectivity index (χ4n) is 1.30. The number of carboxylic acids is 1. The van der Waals surface area contributed by atoms with Crippen LogP contribution >= 0.6 is 0 Å². The Hall–Kier alpha value is -0.433. The van der Waals surface area contributed by atoms with E-state index in [0.29, 0.717) is 12.5 Å². The van der Waals surface area contributed by atoms with Crippen LogP contribution in [0.2, 0.25) is 6.04 Å². The zero-order valence-electron chi connectivity index (χ0n) is 9.78. The first-order chi connectivity index (χ1) is 7.01. The van der Waals surface area contributed by atoms with E-state index in [1.807, 2.05) is 0 Å². The molecule has 0 aromatic heterocycles. The molecular formula is C9H20O5Si. The van der Waals surface area contributed by atoms with Crippen LogP contribution in [-0.4, -0.2) is 41.2 Å². The number of rotatable bonds is 8. The zero-order chi connectivity index (χ0) is 11.9. The van der Waals surface area contributed by atoms with E-state index < -0.39 is 14.8 Å². The van der Waals surface area contributed by atoms with Crippen molar-refractivity contribution in [2.45, 2.75) is 25.8 Å². The SMILES string of the molecule is CO[Si](CCCC(C)C(=O)O)(OC)OC. The van der Waals surface area contributed by atoms with E-state index in [1.165, 1.54) is 0 Å². The second-order valence-electron chi connectivity index (χ2n) is 3.43. The lowest BCUT2D eigenvalue weighted by Crippen LogP contribution is -2.42. The second-order valence-corrected chi connectivity index (χ2v) is 6.52. The quantitative estimate of drug-likeness (QED) is 0.645. The fraction of sp³-hybridized carbons (Fsp3) is 0.889. The normalized spacial score (nSPS) is 13.9. The second kappa shape index (κ2) is 6.94. The Balaban J connectivity index is 3.96. The number of carboxylic acid groups (broad SMARTS) is 1. The molecule has 0 aromatic carbocycles. The van der Waals surface area contributed by atoms with E-state index in [0.717, 1.165) is 6.42 Å². The van der Waals surface area contributed by atoms with Crippen molar-refractivity contribution in [1.29, 1.82) is 0 Å². The first-order valence-electron chi connectivity index (χ1n) is 4.89. The first kappa shape index (κ1) is 14.6. The summed E-state index contributed by atoms with van der Waals surface area (Å²) >= 11 is 0. The molecular weight excluding hydrogens is 216 g/mol. The minimum absolute atomic E-state index is 0.331. The minimum Gasteiger partial charge on any atom is -0.481 e. The topological polar surface area (TPSA) is 65.0 Å². The highest BCUT2D eigenvalue weighted by Gasteiger charge is 2.37. The van der Waals surface area contributed by atoms with Crippen molar-refractivity contribution in [3.8, 4) is 0 Å². The van der Waals surface area contributed by atoms with E-state index in [2.05, 4.69) is 0 Å². The van der Waals surface area contributed by atoms with Gasteiger partial charge in [0, 0.05) is 27.4 Å². The van der Waals surface area contributed by atoms with Crippen molar-refractivity contribution in [3.05, 3.63) is 0 Å². The molecule has 6 heteroatoms. The minimum atomic E-state index is -2.51. The van der Waals surface area contributed by atoms with Crippen molar-refractivity contribution in [1.82, 2.24) is 0 Å². The summed E-state index contributed by atoms with van der Waals surface area (Å²) in [6.45, 7) is 1.69. The monoisotopic (exact) mass is 236 g/mol. The molecule has 0 saturated heterocycles. The van der Waals surface area contributed by atoms with Gasteiger partial charge in [0.15, 0.2) is 0 Å². The molecule has 0 amide bonds. The van der Waals surface area contributed by atoms with Crippen LogP contribution in [0, 0.1) is 5.92 Å². The number of hydrogen-bond donors (Lipinski definition) is 1. The first-order valence-corrected chi connectivity index (χ1v) is 6.82. The number of aliphatic carboxylic acids is 1. The van der Waals surface area contributed by atoms with Crippen molar-refractivity contribution < 1.29 is 23.2 Å². The molecule has 0 saturated carbocycles. The van der Waals surface area contributed by atoms with Gasteiger partial charge in [-0.05, 0) is 12.8 Å². The molecule has 90 valence electrons. The highest BCUT2D eigenvalue weighted by Crippen LogP contribution is 2.18. The number of hydrogen-bond acceptors (Lipinski definition) is 4. The fourth-order valence-corrected chi connectivity index (χ4v) is 3.05. The maximum atomic E-state index is 10.6. The summed E-state index contributed by atoms with van der Waals surface area (Å²) in [5.74, 6) is -1.10. The highest BCUT2D eigenvalue weighted by molar-refractivity contribution is 6.60. The summed E-state index contributed by atoms with van der Waals surface area (Å²) in [7, 11) is 2.15. The summed E-state index contributed by atoms with van der Waals surface area (Å²) < 4.78 is 15.7. The average molecular weight is 236 g/mol. The lowest BCUT2D eigenvalue weighted by atomic mass is 10.1. The molecule has 0 rings (SSSR count). The Morgan fingerprint density at radius 1 is 1.27 bits per heavy atom. The number of carbonyl (C=O) groups is 1. The highest BCUT2D eigenvalue weighted by atomic mass is 28.4. The Labute approximate surface area is 91.7 Å². The van der Waals surface area contributed by atoms with Crippen LogP contribution in [0.15, 0.2) is 0 Å². The predicted octanol–water partition coefficient (Wildman–Crippen LogP) is 1.37. The molecule has 1 N–H and O–H groups in total. The molecule has 0 spiro atoms. The Kier molecular flexibility index (Phi) is 6.74. The average Bonchev–Trinajstić information content (AvgIpc) is 2.24. The molecule has 0 aromatic rings. The van der Waals surface area contributed by atoms with E-state index >= 15 is 0 Å². The summed E-state index contributed by atoms with van der Waals surface area (Å²) in [6.07, 6.45) is 1.34. The van der Waals surface area contributed by atoms with Gasteiger partial charge in [-0.25, -0.2) is 0 Å². The van der Waals surface area contributed by atoms with Gasteiger partial charge in [0.25, 0.3) is 0 Å². The summed E-state index contributed by atoms with van der Waals surface area (Å²) in [6, 6.07) is 0.647. The largest absolute Gasteiger partial charge is 0.500 e. The molecule has 0 heterocycles. The lowest BCUT2D eigenvalue weighted by molar-refractivity contribution is -0.141. The van der Waals surface area contributed by atoms with Crippen LogP contribution in [0.5, 0.6) is 0 Å². The van der Waals surface area contributed by atoms with Crippen LogP contribution in [0.3, 0.4) is 0 Å². The Bertz CT molecular complexity index is 185. The van der Waals surface area contributed by atoms with Crippen LogP contribution in [0.25, 0.3) is 0 Å².